The van der Waals surface area contributed by atoms with Crippen LogP contribution < -0.4 is 0 Å². The molecule has 0 aromatic rings. The van der Waals surface area contributed by atoms with E-state index < -0.39 is 0 Å². The third kappa shape index (κ3) is 8.25. The van der Waals surface area contributed by atoms with Crippen molar-refractivity contribution in [1.82, 2.24) is 0 Å². The Morgan fingerprint density at radius 2 is 1.92 bits per heavy atom. The third-order valence-electron chi connectivity index (χ3n) is 2.17. The predicted molar refractivity (Wildman–Crippen MR) is 63.0 cm³/mol. The Kier molecular flexibility index (Phi) is 9.94. The molecule has 0 heterocycles. The number of allylic oxidation sites excluding steroid dienone is 1. The minimum absolute atomic E-state index is 0.864. The molecular formula is C11H24OSi. The third-order valence-corrected chi connectivity index (χ3v) is 2.46. The Labute approximate surface area is 86.1 Å². The van der Waals surface area contributed by atoms with Gasteiger partial charge in [-0.25, -0.2) is 0 Å². The molecule has 0 atom stereocenters. The normalized spacial score (nSPS) is 12.3. The summed E-state index contributed by atoms with van der Waals surface area (Å²) in [6, 6.07) is 0. The van der Waals surface area contributed by atoms with Gasteiger partial charge in [0.1, 0.15) is 10.5 Å². The molecule has 0 aromatic heterocycles. The molecule has 0 fully saturated rings. The lowest BCUT2D eigenvalue weighted by Crippen LogP contribution is -1.95. The highest BCUT2D eigenvalue weighted by Crippen LogP contribution is 2.10. The second-order valence-electron chi connectivity index (χ2n) is 3.54. The average Bonchev–Trinajstić information content (AvgIpc) is 2.14. The summed E-state index contributed by atoms with van der Waals surface area (Å²) in [6.07, 6.45) is 10.1. The van der Waals surface area contributed by atoms with Gasteiger partial charge in [-0.05, 0) is 19.3 Å². The Bertz CT molecular complexity index is 132. The fraction of sp³-hybridized carbons (Fsp3) is 0.818. The molecule has 0 saturated carbocycles. The zero-order chi connectivity index (χ0) is 9.94. The number of hydrogen-bond acceptors (Lipinski definition) is 1. The molecule has 78 valence electrons. The highest BCUT2D eigenvalue weighted by Gasteiger charge is 1.95. The quantitative estimate of drug-likeness (QED) is 0.332. The van der Waals surface area contributed by atoms with Crippen molar-refractivity contribution >= 4 is 10.5 Å². The van der Waals surface area contributed by atoms with Crippen molar-refractivity contribution in [2.45, 2.75) is 52.4 Å². The van der Waals surface area contributed by atoms with Crippen LogP contribution in [0.4, 0.5) is 0 Å². The summed E-state index contributed by atoms with van der Waals surface area (Å²) in [7, 11) is 0.864. The summed E-state index contributed by atoms with van der Waals surface area (Å²) in [5.74, 6) is 0. The summed E-state index contributed by atoms with van der Waals surface area (Å²) in [5, 5.41) is 0. The van der Waals surface area contributed by atoms with Crippen molar-refractivity contribution in [2.24, 2.45) is 0 Å². The smallest absolute Gasteiger partial charge is 0.146 e. The first kappa shape index (κ1) is 12.9. The lowest BCUT2D eigenvalue weighted by molar-refractivity contribution is 0.381. The molecule has 0 unspecified atom stereocenters. The van der Waals surface area contributed by atoms with Gasteiger partial charge in [-0.15, -0.1) is 0 Å². The fourth-order valence-corrected chi connectivity index (χ4v) is 1.70. The van der Waals surface area contributed by atoms with E-state index in [0.29, 0.717) is 0 Å². The molecular weight excluding hydrogens is 176 g/mol. The molecule has 13 heavy (non-hydrogen) atoms. The van der Waals surface area contributed by atoms with Crippen molar-refractivity contribution in [2.75, 3.05) is 6.61 Å². The molecule has 0 bridgehead atoms. The molecule has 0 aliphatic carbocycles. The van der Waals surface area contributed by atoms with E-state index in [-0.39, 0.29) is 0 Å². The van der Waals surface area contributed by atoms with Crippen LogP contribution in [-0.4, -0.2) is 17.1 Å². The minimum atomic E-state index is 0.864. The van der Waals surface area contributed by atoms with E-state index in [1.54, 1.807) is 0 Å². The van der Waals surface area contributed by atoms with Gasteiger partial charge < -0.3 is 4.43 Å². The zero-order valence-corrected chi connectivity index (χ0v) is 11.4. The van der Waals surface area contributed by atoms with Crippen molar-refractivity contribution in [3.63, 3.8) is 0 Å². The monoisotopic (exact) mass is 200 g/mol. The maximum Gasteiger partial charge on any atom is 0.146 e. The highest BCUT2D eigenvalue weighted by molar-refractivity contribution is 5.98. The molecule has 0 aromatic carbocycles. The van der Waals surface area contributed by atoms with Gasteiger partial charge in [0.25, 0.3) is 0 Å². The molecule has 2 heteroatoms. The summed E-state index contributed by atoms with van der Waals surface area (Å²) < 4.78 is 5.30. The molecule has 0 amide bonds. The predicted octanol–water partition coefficient (Wildman–Crippen LogP) is 2.59. The summed E-state index contributed by atoms with van der Waals surface area (Å²) >= 11 is 0. The van der Waals surface area contributed by atoms with Gasteiger partial charge in [0.05, 0.1) is 6.61 Å². The second kappa shape index (κ2) is 10.0. The van der Waals surface area contributed by atoms with Crippen LogP contribution in [0.25, 0.3) is 0 Å². The van der Waals surface area contributed by atoms with E-state index >= 15 is 0 Å². The van der Waals surface area contributed by atoms with Crippen LogP contribution in [0.1, 0.15) is 52.4 Å². The van der Waals surface area contributed by atoms with Crippen LogP contribution in [0.2, 0.25) is 0 Å². The van der Waals surface area contributed by atoms with Crippen molar-refractivity contribution in [1.29, 1.82) is 0 Å². The Hall–Kier alpha value is -0.0831. The van der Waals surface area contributed by atoms with Crippen LogP contribution in [0, 0.1) is 0 Å². The van der Waals surface area contributed by atoms with Gasteiger partial charge >= 0.3 is 0 Å². The maximum atomic E-state index is 5.30. The van der Waals surface area contributed by atoms with Gasteiger partial charge in [0.2, 0.25) is 0 Å². The molecule has 0 spiro atoms. The van der Waals surface area contributed by atoms with Crippen molar-refractivity contribution < 1.29 is 4.43 Å². The molecule has 0 aliphatic rings. The summed E-state index contributed by atoms with van der Waals surface area (Å²) in [6.45, 7) is 5.37. The Morgan fingerprint density at radius 3 is 2.46 bits per heavy atom. The summed E-state index contributed by atoms with van der Waals surface area (Å²) in [4.78, 5) is 0. The van der Waals surface area contributed by atoms with Crippen molar-refractivity contribution in [3.8, 4) is 0 Å². The lowest BCUT2D eigenvalue weighted by atomic mass is 10.1. The van der Waals surface area contributed by atoms with Gasteiger partial charge in [-0.1, -0.05) is 44.8 Å². The number of hydrogen-bond donors (Lipinski definition) is 0. The first-order chi connectivity index (χ1) is 6.35. The van der Waals surface area contributed by atoms with E-state index in [2.05, 4.69) is 19.9 Å². The summed E-state index contributed by atoms with van der Waals surface area (Å²) in [5.41, 5.74) is 1.52. The maximum absolute atomic E-state index is 5.30. The van der Waals surface area contributed by atoms with Crippen LogP contribution in [0.15, 0.2) is 11.6 Å². The zero-order valence-electron chi connectivity index (χ0n) is 9.44. The number of unbranched alkanes of at least 4 members (excludes halogenated alkanes) is 3. The minimum Gasteiger partial charge on any atom is -0.424 e. The van der Waals surface area contributed by atoms with E-state index in [1.807, 2.05) is 0 Å². The topological polar surface area (TPSA) is 9.23 Å². The van der Waals surface area contributed by atoms with Crippen LogP contribution in [-0.2, 0) is 4.43 Å². The van der Waals surface area contributed by atoms with E-state index in [9.17, 15) is 0 Å². The van der Waals surface area contributed by atoms with Gasteiger partial charge in [0.15, 0.2) is 0 Å². The highest BCUT2D eigenvalue weighted by atomic mass is 28.2. The standard InChI is InChI=1S/C11H24OSi/c1-3-5-7-9-11(10-12-13)8-6-4-2/h9H,3-8,10H2,1-2,13H3. The van der Waals surface area contributed by atoms with Crippen LogP contribution in [0.5, 0.6) is 0 Å². The van der Waals surface area contributed by atoms with Crippen LogP contribution in [0.3, 0.4) is 0 Å². The van der Waals surface area contributed by atoms with Crippen molar-refractivity contribution in [3.05, 3.63) is 11.6 Å². The van der Waals surface area contributed by atoms with Gasteiger partial charge in [-0.2, -0.15) is 0 Å². The number of rotatable bonds is 8. The van der Waals surface area contributed by atoms with E-state index in [1.165, 1.54) is 44.1 Å². The molecule has 0 N–H and O–H groups in total. The Balaban J connectivity index is 3.69. The molecule has 0 rings (SSSR count). The van der Waals surface area contributed by atoms with Gasteiger partial charge in [-0.3, -0.25) is 0 Å². The molecule has 1 nitrogen and oxygen atoms in total. The first-order valence-corrected chi connectivity index (χ1v) is 6.33. The molecule has 0 aliphatic heterocycles. The second-order valence-corrected chi connectivity index (χ2v) is 4.12. The van der Waals surface area contributed by atoms with Gasteiger partial charge in [0, 0.05) is 0 Å². The van der Waals surface area contributed by atoms with Crippen LogP contribution >= 0.6 is 0 Å². The van der Waals surface area contributed by atoms with E-state index in [4.69, 9.17) is 4.43 Å². The Morgan fingerprint density at radius 1 is 1.23 bits per heavy atom. The molecule has 0 saturated heterocycles. The first-order valence-electron chi connectivity index (χ1n) is 5.52. The van der Waals surface area contributed by atoms with E-state index in [0.717, 1.165) is 17.1 Å². The molecule has 0 radical (unpaired) electrons. The SMILES string of the molecule is CCCCC=C(CCCC)CO[SiH3]. The lowest BCUT2D eigenvalue weighted by Gasteiger charge is -2.05. The average molecular weight is 200 g/mol. The fourth-order valence-electron chi connectivity index (χ4n) is 1.33. The largest absolute Gasteiger partial charge is 0.424 e.